The fraction of sp³-hybridized carbons (Fsp3) is 0.417. The van der Waals surface area contributed by atoms with Crippen LogP contribution in [0.5, 0.6) is 0 Å². The number of hydrogen-bond donors (Lipinski definition) is 2. The molecule has 110 valence electrons. The maximum Gasteiger partial charge on any atom is 0.303 e. The second kappa shape index (κ2) is 7.18. The summed E-state index contributed by atoms with van der Waals surface area (Å²) in [6.07, 6.45) is 0.592. The molecule has 20 heavy (non-hydrogen) atoms. The molecule has 0 aliphatic heterocycles. The molecule has 1 unspecified atom stereocenters. The number of nitro groups is 1. The van der Waals surface area contributed by atoms with Gasteiger partial charge in [-0.2, -0.15) is 0 Å². The van der Waals surface area contributed by atoms with E-state index in [9.17, 15) is 19.3 Å². The fourth-order valence-corrected chi connectivity index (χ4v) is 2.03. The average molecular weight is 349 g/mol. The maximum absolute atomic E-state index is 13.3. The highest BCUT2D eigenvalue weighted by atomic mass is 79.9. The van der Waals surface area contributed by atoms with Gasteiger partial charge in [0.25, 0.3) is 5.69 Å². The first-order valence-electron chi connectivity index (χ1n) is 5.94. The molecule has 0 heterocycles. The number of anilines is 1. The van der Waals surface area contributed by atoms with Crippen LogP contribution in [0.15, 0.2) is 16.6 Å². The van der Waals surface area contributed by atoms with Gasteiger partial charge in [0.05, 0.1) is 15.5 Å². The number of nitrogens with zero attached hydrogens (tertiary/aromatic N) is 1. The molecule has 0 spiro atoms. The average Bonchev–Trinajstić information content (AvgIpc) is 2.37. The Morgan fingerprint density at radius 2 is 2.25 bits per heavy atom. The molecule has 0 aliphatic rings. The quantitative estimate of drug-likeness (QED) is 0.581. The van der Waals surface area contributed by atoms with Gasteiger partial charge in [-0.05, 0) is 27.9 Å². The summed E-state index contributed by atoms with van der Waals surface area (Å²) < 4.78 is 13.4. The van der Waals surface area contributed by atoms with Gasteiger partial charge in [0, 0.05) is 13.0 Å². The standard InChI is InChI=1S/C12H14BrFN2O4/c1-2-7(3-12(17)18)6-15-10-4-8(13)9(14)5-11(10)16(19)20/h4-5,7,15H,2-3,6H2,1H3,(H,17,18). The van der Waals surface area contributed by atoms with E-state index in [1.165, 1.54) is 6.07 Å². The van der Waals surface area contributed by atoms with Gasteiger partial charge >= 0.3 is 5.97 Å². The number of carboxylic acid groups (broad SMARTS) is 1. The second-order valence-electron chi connectivity index (χ2n) is 4.29. The van der Waals surface area contributed by atoms with Crippen molar-refractivity contribution in [2.24, 2.45) is 5.92 Å². The summed E-state index contributed by atoms with van der Waals surface area (Å²) in [5.41, 5.74) is -0.219. The monoisotopic (exact) mass is 348 g/mol. The van der Waals surface area contributed by atoms with Crippen molar-refractivity contribution >= 4 is 33.3 Å². The predicted octanol–water partition coefficient (Wildman–Crippen LogP) is 3.41. The molecule has 1 aromatic carbocycles. The molecule has 0 aromatic heterocycles. The van der Waals surface area contributed by atoms with Gasteiger partial charge in [-0.25, -0.2) is 4.39 Å². The van der Waals surface area contributed by atoms with Crippen molar-refractivity contribution in [3.05, 3.63) is 32.5 Å². The molecule has 0 amide bonds. The molecule has 0 saturated carbocycles. The minimum atomic E-state index is -0.923. The highest BCUT2D eigenvalue weighted by Gasteiger charge is 2.19. The van der Waals surface area contributed by atoms with Crippen LogP contribution in [0.4, 0.5) is 15.8 Å². The Hall–Kier alpha value is -1.70. The number of aliphatic carboxylic acids is 1. The zero-order valence-corrected chi connectivity index (χ0v) is 12.3. The number of nitrogens with one attached hydrogen (secondary N) is 1. The summed E-state index contributed by atoms with van der Waals surface area (Å²) >= 11 is 2.96. The minimum absolute atomic E-state index is 0.0281. The highest BCUT2D eigenvalue weighted by Crippen LogP contribution is 2.30. The minimum Gasteiger partial charge on any atom is -0.481 e. The van der Waals surface area contributed by atoms with Crippen LogP contribution in [0.3, 0.4) is 0 Å². The van der Waals surface area contributed by atoms with Gasteiger partial charge < -0.3 is 10.4 Å². The Morgan fingerprint density at radius 3 is 2.75 bits per heavy atom. The lowest BCUT2D eigenvalue weighted by molar-refractivity contribution is -0.384. The van der Waals surface area contributed by atoms with Crippen LogP contribution in [-0.2, 0) is 4.79 Å². The molecule has 0 radical (unpaired) electrons. The van der Waals surface area contributed by atoms with Crippen molar-refractivity contribution in [2.75, 3.05) is 11.9 Å². The number of halogens is 2. The molecule has 0 saturated heterocycles. The van der Waals surface area contributed by atoms with Crippen molar-refractivity contribution in [3.8, 4) is 0 Å². The van der Waals surface area contributed by atoms with Crippen LogP contribution in [0, 0.1) is 21.8 Å². The van der Waals surface area contributed by atoms with Gasteiger partial charge in [-0.1, -0.05) is 13.3 Å². The summed E-state index contributed by atoms with van der Waals surface area (Å²) in [6, 6.07) is 2.10. The maximum atomic E-state index is 13.3. The number of rotatable bonds is 7. The molecule has 1 rings (SSSR count). The normalized spacial score (nSPS) is 11.9. The van der Waals surface area contributed by atoms with Crippen molar-refractivity contribution in [2.45, 2.75) is 19.8 Å². The summed E-state index contributed by atoms with van der Waals surface area (Å²) in [4.78, 5) is 20.8. The van der Waals surface area contributed by atoms with Gasteiger partial charge in [-0.3, -0.25) is 14.9 Å². The lowest BCUT2D eigenvalue weighted by atomic mass is 10.0. The van der Waals surface area contributed by atoms with Crippen molar-refractivity contribution in [1.29, 1.82) is 0 Å². The fourth-order valence-electron chi connectivity index (χ4n) is 1.69. The van der Waals surface area contributed by atoms with Gasteiger partial charge in [-0.15, -0.1) is 0 Å². The van der Waals surface area contributed by atoms with E-state index in [0.717, 1.165) is 6.07 Å². The van der Waals surface area contributed by atoms with Crippen LogP contribution >= 0.6 is 15.9 Å². The Morgan fingerprint density at radius 1 is 1.60 bits per heavy atom. The number of carboxylic acids is 1. The number of carbonyl (C=O) groups is 1. The molecule has 1 aromatic rings. The summed E-state index contributed by atoms with van der Waals surface area (Å²) in [6.45, 7) is 2.10. The zero-order valence-electron chi connectivity index (χ0n) is 10.7. The molecule has 0 bridgehead atoms. The first-order chi connectivity index (χ1) is 9.35. The van der Waals surface area contributed by atoms with E-state index in [1.54, 1.807) is 0 Å². The topological polar surface area (TPSA) is 92.5 Å². The Bertz CT molecular complexity index is 524. The van der Waals surface area contributed by atoms with Crippen LogP contribution < -0.4 is 5.32 Å². The third-order valence-corrected chi connectivity index (χ3v) is 3.46. The predicted molar refractivity (Wildman–Crippen MR) is 75.3 cm³/mol. The Kier molecular flexibility index (Phi) is 5.87. The molecular formula is C12H14BrFN2O4. The molecule has 2 N–H and O–H groups in total. The summed E-state index contributed by atoms with van der Waals surface area (Å²) in [7, 11) is 0. The third kappa shape index (κ3) is 4.44. The highest BCUT2D eigenvalue weighted by molar-refractivity contribution is 9.10. The number of benzene rings is 1. The van der Waals surface area contributed by atoms with Crippen molar-refractivity contribution in [3.63, 3.8) is 0 Å². The van der Waals surface area contributed by atoms with Gasteiger partial charge in [0.2, 0.25) is 0 Å². The number of nitro benzene ring substituents is 1. The number of hydrogen-bond acceptors (Lipinski definition) is 4. The first kappa shape index (κ1) is 16.4. The van der Waals surface area contributed by atoms with Gasteiger partial charge in [0.1, 0.15) is 11.5 Å². The second-order valence-corrected chi connectivity index (χ2v) is 5.15. The lowest BCUT2D eigenvalue weighted by Crippen LogP contribution is -2.17. The first-order valence-corrected chi connectivity index (χ1v) is 6.73. The molecule has 1 atom stereocenters. The van der Waals surface area contributed by atoms with E-state index in [1.807, 2.05) is 6.92 Å². The third-order valence-electron chi connectivity index (χ3n) is 2.86. The molecule has 0 fully saturated rings. The van der Waals surface area contributed by atoms with Crippen molar-refractivity contribution < 1.29 is 19.2 Å². The summed E-state index contributed by atoms with van der Waals surface area (Å²) in [5, 5.41) is 22.4. The SMILES string of the molecule is CCC(CNc1cc(Br)c(F)cc1[N+](=O)[O-])CC(=O)O. The van der Waals surface area contributed by atoms with E-state index in [-0.39, 0.29) is 34.7 Å². The van der Waals surface area contributed by atoms with Crippen LogP contribution in [0.25, 0.3) is 0 Å². The molecular weight excluding hydrogens is 335 g/mol. The molecule has 6 nitrogen and oxygen atoms in total. The van der Waals surface area contributed by atoms with Gasteiger partial charge in [0.15, 0.2) is 0 Å². The molecule has 0 aliphatic carbocycles. The van der Waals surface area contributed by atoms with Crippen LogP contribution in [0.1, 0.15) is 19.8 Å². The largest absolute Gasteiger partial charge is 0.481 e. The lowest BCUT2D eigenvalue weighted by Gasteiger charge is -2.14. The van der Waals surface area contributed by atoms with Crippen LogP contribution in [0.2, 0.25) is 0 Å². The van der Waals surface area contributed by atoms with E-state index in [0.29, 0.717) is 6.42 Å². The van der Waals surface area contributed by atoms with E-state index >= 15 is 0 Å². The van der Waals surface area contributed by atoms with E-state index < -0.39 is 16.7 Å². The van der Waals surface area contributed by atoms with Crippen molar-refractivity contribution in [1.82, 2.24) is 0 Å². The van der Waals surface area contributed by atoms with E-state index in [2.05, 4.69) is 21.2 Å². The van der Waals surface area contributed by atoms with Crippen LogP contribution in [-0.4, -0.2) is 22.5 Å². The Balaban J connectivity index is 2.88. The zero-order chi connectivity index (χ0) is 15.3. The molecule has 8 heteroatoms. The Labute approximate surface area is 123 Å². The summed E-state index contributed by atoms with van der Waals surface area (Å²) in [5.74, 6) is -1.80. The van der Waals surface area contributed by atoms with E-state index in [4.69, 9.17) is 5.11 Å². The smallest absolute Gasteiger partial charge is 0.303 e.